The van der Waals surface area contributed by atoms with Gasteiger partial charge in [-0.3, -0.25) is 9.59 Å². The fourth-order valence-corrected chi connectivity index (χ4v) is 3.98. The Bertz CT molecular complexity index is 1070. The van der Waals surface area contributed by atoms with E-state index in [0.717, 1.165) is 7.14 Å². The molecule has 0 fully saturated rings. The third kappa shape index (κ3) is 5.37. The minimum atomic E-state index is -0.364. The van der Waals surface area contributed by atoms with Crippen molar-refractivity contribution in [3.8, 4) is 0 Å². The lowest BCUT2D eigenvalue weighted by Crippen LogP contribution is -2.15. The van der Waals surface area contributed by atoms with Crippen LogP contribution in [0.1, 0.15) is 20.7 Å². The van der Waals surface area contributed by atoms with Crippen molar-refractivity contribution >= 4 is 91.6 Å². The van der Waals surface area contributed by atoms with Crippen molar-refractivity contribution in [3.05, 3.63) is 89.0 Å². The van der Waals surface area contributed by atoms with E-state index in [9.17, 15) is 9.59 Å². The van der Waals surface area contributed by atoms with E-state index < -0.39 is 0 Å². The molecule has 0 saturated carbocycles. The third-order valence-corrected chi connectivity index (χ3v) is 5.89. The largest absolute Gasteiger partial charge is 0.322 e. The van der Waals surface area contributed by atoms with Gasteiger partial charge in [-0.15, -0.1) is 0 Å². The summed E-state index contributed by atoms with van der Waals surface area (Å²) in [5, 5.41) is 6.35. The topological polar surface area (TPSA) is 58.2 Å². The zero-order chi connectivity index (χ0) is 20.3. The second-order valence-corrected chi connectivity index (χ2v) is 8.99. The number of nitrogens with one attached hydrogen (secondary N) is 2. The molecule has 0 unspecified atom stereocenters. The molecule has 28 heavy (non-hydrogen) atoms. The molecule has 0 atom stereocenters. The zero-order valence-corrected chi connectivity index (χ0v) is 19.9. The van der Waals surface area contributed by atoms with Gasteiger partial charge in [-0.25, -0.2) is 0 Å². The molecule has 0 aliphatic heterocycles. The number of carbonyl (C=O) groups excluding carboxylic acids is 2. The van der Waals surface area contributed by atoms with Crippen molar-refractivity contribution in [1.29, 1.82) is 0 Å². The fraction of sp³-hybridized carbons (Fsp3) is 0. The van der Waals surface area contributed by atoms with E-state index in [2.05, 4.69) is 55.8 Å². The van der Waals surface area contributed by atoms with Crippen LogP contribution < -0.4 is 10.6 Å². The predicted octanol–water partition coefficient (Wildman–Crippen LogP) is 6.71. The van der Waals surface area contributed by atoms with Gasteiger partial charge in [-0.1, -0.05) is 29.3 Å². The van der Waals surface area contributed by atoms with Crippen LogP contribution in [0.4, 0.5) is 11.4 Å². The second-order valence-electron chi connectivity index (χ2n) is 5.74. The molecule has 3 aromatic carbocycles. The minimum Gasteiger partial charge on any atom is -0.322 e. The summed E-state index contributed by atoms with van der Waals surface area (Å²) in [5.41, 5.74) is 2.01. The first-order valence-corrected chi connectivity index (χ1v) is 10.9. The molecular formula is C20H12Cl2I2N2O2. The molecule has 0 saturated heterocycles. The van der Waals surface area contributed by atoms with Gasteiger partial charge in [-0.2, -0.15) is 0 Å². The highest BCUT2D eigenvalue weighted by molar-refractivity contribution is 14.1. The first-order chi connectivity index (χ1) is 13.3. The smallest absolute Gasteiger partial charge is 0.257 e. The molecule has 0 spiro atoms. The minimum absolute atomic E-state index is 0.216. The van der Waals surface area contributed by atoms with E-state index in [1.54, 1.807) is 36.4 Å². The van der Waals surface area contributed by atoms with Crippen LogP contribution >= 0.6 is 68.4 Å². The Balaban J connectivity index is 1.76. The molecule has 3 rings (SSSR count). The first-order valence-electron chi connectivity index (χ1n) is 7.96. The van der Waals surface area contributed by atoms with Crippen LogP contribution in [0.2, 0.25) is 10.0 Å². The Kier molecular flexibility index (Phi) is 7.19. The Morgan fingerprint density at radius 3 is 2.04 bits per heavy atom. The number of halogens is 4. The Morgan fingerprint density at radius 2 is 1.39 bits per heavy atom. The maximum Gasteiger partial charge on any atom is 0.257 e. The van der Waals surface area contributed by atoms with Gasteiger partial charge in [0.2, 0.25) is 0 Å². The summed E-state index contributed by atoms with van der Waals surface area (Å²) in [5.74, 6) is -0.579. The lowest BCUT2D eigenvalue weighted by molar-refractivity contribution is 0.101. The van der Waals surface area contributed by atoms with Gasteiger partial charge in [0.1, 0.15) is 0 Å². The molecule has 2 N–H and O–H groups in total. The van der Waals surface area contributed by atoms with Crippen molar-refractivity contribution in [1.82, 2.24) is 0 Å². The van der Waals surface area contributed by atoms with E-state index in [-0.39, 0.29) is 16.8 Å². The van der Waals surface area contributed by atoms with Crippen LogP contribution in [0.15, 0.2) is 60.7 Å². The number of amides is 2. The van der Waals surface area contributed by atoms with Crippen molar-refractivity contribution in [2.75, 3.05) is 10.6 Å². The lowest BCUT2D eigenvalue weighted by Gasteiger charge is -2.11. The maximum absolute atomic E-state index is 12.6. The molecule has 0 aliphatic rings. The number of hydrogen-bond donors (Lipinski definition) is 2. The van der Waals surface area contributed by atoms with E-state index in [1.807, 2.05) is 18.2 Å². The van der Waals surface area contributed by atoms with Crippen molar-refractivity contribution in [2.45, 2.75) is 0 Å². The zero-order valence-electron chi connectivity index (χ0n) is 14.1. The molecule has 0 aliphatic carbocycles. The average molecular weight is 637 g/mol. The highest BCUT2D eigenvalue weighted by Crippen LogP contribution is 2.23. The van der Waals surface area contributed by atoms with E-state index >= 15 is 0 Å². The monoisotopic (exact) mass is 636 g/mol. The molecule has 0 heterocycles. The SMILES string of the molecule is O=C(Nc1cccc(NC(=O)c2cc(I)ccc2I)c1)c1ccc(Cl)cc1Cl. The summed E-state index contributed by atoms with van der Waals surface area (Å²) in [6.07, 6.45) is 0. The second kappa shape index (κ2) is 9.43. The molecule has 2 amide bonds. The molecule has 0 bridgehead atoms. The Morgan fingerprint density at radius 1 is 0.750 bits per heavy atom. The van der Waals surface area contributed by atoms with E-state index in [1.165, 1.54) is 6.07 Å². The summed E-state index contributed by atoms with van der Waals surface area (Å²) < 4.78 is 1.83. The standard InChI is InChI=1S/C20H12Cl2I2N2O2/c21-11-4-6-15(17(22)8-11)19(27)25-13-2-1-3-14(10-13)26-20(28)16-9-12(23)5-7-18(16)24/h1-10H,(H,25,27)(H,26,28). The van der Waals surface area contributed by atoms with Gasteiger partial charge < -0.3 is 10.6 Å². The van der Waals surface area contributed by atoms with Crippen LogP contribution in [0.3, 0.4) is 0 Å². The number of carbonyl (C=O) groups is 2. The van der Waals surface area contributed by atoms with Crippen molar-refractivity contribution < 1.29 is 9.59 Å². The molecule has 0 radical (unpaired) electrons. The number of rotatable bonds is 4. The van der Waals surface area contributed by atoms with Gasteiger partial charge in [0.05, 0.1) is 16.1 Å². The molecule has 142 valence electrons. The normalized spacial score (nSPS) is 10.4. The quantitative estimate of drug-likeness (QED) is 0.313. The summed E-state index contributed by atoms with van der Waals surface area (Å²) in [4.78, 5) is 25.0. The van der Waals surface area contributed by atoms with E-state index in [0.29, 0.717) is 27.5 Å². The van der Waals surface area contributed by atoms with Crippen LogP contribution in [-0.4, -0.2) is 11.8 Å². The molecule has 0 aromatic heterocycles. The molecule has 8 heteroatoms. The van der Waals surface area contributed by atoms with Gasteiger partial charge in [0.25, 0.3) is 11.8 Å². The van der Waals surface area contributed by atoms with Crippen molar-refractivity contribution in [2.24, 2.45) is 0 Å². The number of benzene rings is 3. The van der Waals surface area contributed by atoms with Gasteiger partial charge >= 0.3 is 0 Å². The third-order valence-electron chi connectivity index (χ3n) is 3.73. The van der Waals surface area contributed by atoms with Crippen LogP contribution in [0, 0.1) is 7.14 Å². The van der Waals surface area contributed by atoms with Crippen LogP contribution in [0.5, 0.6) is 0 Å². The van der Waals surface area contributed by atoms with E-state index in [4.69, 9.17) is 23.2 Å². The number of anilines is 2. The molecular weight excluding hydrogens is 625 g/mol. The van der Waals surface area contributed by atoms with Gasteiger partial charge in [0, 0.05) is 23.5 Å². The lowest BCUT2D eigenvalue weighted by atomic mass is 10.2. The summed E-state index contributed by atoms with van der Waals surface area (Å²) >= 11 is 16.2. The van der Waals surface area contributed by atoms with Crippen LogP contribution in [-0.2, 0) is 0 Å². The highest BCUT2D eigenvalue weighted by Gasteiger charge is 2.13. The summed E-state index contributed by atoms with van der Waals surface area (Å²) in [7, 11) is 0. The van der Waals surface area contributed by atoms with Crippen molar-refractivity contribution in [3.63, 3.8) is 0 Å². The number of hydrogen-bond acceptors (Lipinski definition) is 2. The average Bonchev–Trinajstić information content (AvgIpc) is 2.63. The fourth-order valence-electron chi connectivity index (χ4n) is 2.42. The van der Waals surface area contributed by atoms with Gasteiger partial charge in [-0.05, 0) is 99.8 Å². The summed E-state index contributed by atoms with van der Waals surface area (Å²) in [6.45, 7) is 0. The Hall–Kier alpha value is -1.36. The first kappa shape index (κ1) is 21.4. The predicted molar refractivity (Wildman–Crippen MR) is 131 cm³/mol. The Labute approximate surface area is 199 Å². The summed E-state index contributed by atoms with van der Waals surface area (Å²) in [6, 6.07) is 17.2. The highest BCUT2D eigenvalue weighted by atomic mass is 127. The van der Waals surface area contributed by atoms with Gasteiger partial charge in [0.15, 0.2) is 0 Å². The maximum atomic E-state index is 12.6. The van der Waals surface area contributed by atoms with Crippen LogP contribution in [0.25, 0.3) is 0 Å². The molecule has 3 aromatic rings. The molecule has 4 nitrogen and oxygen atoms in total.